The van der Waals surface area contributed by atoms with Crippen LogP contribution in [0.4, 0.5) is 4.39 Å². The molecule has 0 bridgehead atoms. The summed E-state index contributed by atoms with van der Waals surface area (Å²) in [4.78, 5) is 1.95. The molecule has 0 atom stereocenters. The van der Waals surface area contributed by atoms with Gasteiger partial charge in [-0.1, -0.05) is 68.9 Å². The van der Waals surface area contributed by atoms with Gasteiger partial charge in [0.15, 0.2) is 4.75 Å². The van der Waals surface area contributed by atoms with Crippen LogP contribution in [0, 0.1) is 11.2 Å². The molecule has 0 radical (unpaired) electrons. The van der Waals surface area contributed by atoms with Crippen LogP contribution in [0.1, 0.15) is 45.7 Å². The average Bonchev–Trinajstić information content (AvgIpc) is 2.74. The molecule has 0 aliphatic heterocycles. The van der Waals surface area contributed by atoms with Gasteiger partial charge in [0.2, 0.25) is 0 Å². The minimum absolute atomic E-state index is 0.0391. The van der Waals surface area contributed by atoms with E-state index in [-0.39, 0.29) is 16.0 Å². The molecule has 3 rings (SSSR count). The minimum Gasteiger partial charge on any atom is -0.488 e. The van der Waals surface area contributed by atoms with E-state index < -0.39 is 0 Å². The van der Waals surface area contributed by atoms with Crippen molar-refractivity contribution in [1.82, 2.24) is 0 Å². The van der Waals surface area contributed by atoms with E-state index in [1.165, 1.54) is 12.1 Å². The molecule has 0 amide bonds. The van der Waals surface area contributed by atoms with E-state index in [0.717, 1.165) is 38.7 Å². The maximum atomic E-state index is 13.3. The van der Waals surface area contributed by atoms with Gasteiger partial charge in [-0.15, -0.1) is 0 Å². The number of ether oxygens (including phenoxy) is 1. The van der Waals surface area contributed by atoms with Crippen LogP contribution in [-0.4, -0.2) is 4.75 Å². The monoisotopic (exact) mass is 471 g/mol. The summed E-state index contributed by atoms with van der Waals surface area (Å²) in [5, 5.41) is 0. The van der Waals surface area contributed by atoms with E-state index in [1.54, 1.807) is 23.9 Å². The number of hydrogen-bond acceptors (Lipinski definition) is 3. The molecule has 0 aromatic heterocycles. The highest BCUT2D eigenvalue weighted by atomic mass is 32.2. The van der Waals surface area contributed by atoms with Crippen molar-refractivity contribution in [1.29, 1.82) is 0 Å². The maximum Gasteiger partial charge on any atom is 0.157 e. The highest BCUT2D eigenvalue weighted by Crippen LogP contribution is 2.37. The summed E-state index contributed by atoms with van der Waals surface area (Å²) >= 11 is 2.53. The number of rotatable bonds is 9. The van der Waals surface area contributed by atoms with Crippen molar-refractivity contribution in [2.24, 2.45) is 5.41 Å². The Balaban J connectivity index is 1.75. The summed E-state index contributed by atoms with van der Waals surface area (Å²) in [6.45, 7) is 12.2. The van der Waals surface area contributed by atoms with Gasteiger partial charge in [0.05, 0.1) is 4.90 Å². The SMILES string of the molecule is CC(C)(C)C(C)(C)[SH+]OCc1ccc(OCc2ccccc2)c(Sc2ccc(F)cc2)c1. The Bertz CT molecular complexity index is 996. The molecule has 2 nitrogen and oxygen atoms in total. The topological polar surface area (TPSA) is 18.5 Å². The van der Waals surface area contributed by atoms with E-state index in [1.807, 2.05) is 36.4 Å². The van der Waals surface area contributed by atoms with Crippen LogP contribution in [0.5, 0.6) is 5.75 Å². The van der Waals surface area contributed by atoms with E-state index in [4.69, 9.17) is 8.92 Å². The second-order valence-corrected chi connectivity index (χ2v) is 12.0. The summed E-state index contributed by atoms with van der Waals surface area (Å²) in [5.41, 5.74) is 2.34. The van der Waals surface area contributed by atoms with Crippen LogP contribution >= 0.6 is 11.8 Å². The Morgan fingerprint density at radius 1 is 0.812 bits per heavy atom. The number of benzene rings is 3. The third-order valence-corrected chi connectivity index (χ3v) is 8.08. The van der Waals surface area contributed by atoms with Crippen molar-refractivity contribution < 1.29 is 13.3 Å². The van der Waals surface area contributed by atoms with Crippen LogP contribution in [0.25, 0.3) is 0 Å². The molecule has 3 aromatic rings. The van der Waals surface area contributed by atoms with Crippen LogP contribution in [0.3, 0.4) is 0 Å². The molecule has 0 fully saturated rings. The molecule has 0 N–H and O–H groups in total. The molecule has 0 saturated carbocycles. The summed E-state index contributed by atoms with van der Waals surface area (Å²) in [6.07, 6.45) is 0. The third-order valence-electron chi connectivity index (χ3n) is 5.65. The molecule has 0 aliphatic carbocycles. The highest BCUT2D eigenvalue weighted by Gasteiger charge is 2.41. The zero-order valence-corrected chi connectivity index (χ0v) is 21.1. The van der Waals surface area contributed by atoms with Crippen LogP contribution in [0.2, 0.25) is 0 Å². The van der Waals surface area contributed by atoms with Gasteiger partial charge in [0.1, 0.15) is 36.8 Å². The molecule has 170 valence electrons. The van der Waals surface area contributed by atoms with Gasteiger partial charge in [-0.05, 0) is 61.4 Å². The van der Waals surface area contributed by atoms with Crippen molar-refractivity contribution in [3.8, 4) is 5.75 Å². The van der Waals surface area contributed by atoms with Gasteiger partial charge in [-0.3, -0.25) is 0 Å². The second kappa shape index (κ2) is 10.8. The van der Waals surface area contributed by atoms with Crippen molar-refractivity contribution >= 4 is 23.8 Å². The van der Waals surface area contributed by atoms with Gasteiger partial charge in [-0.25, -0.2) is 4.39 Å². The Labute approximate surface area is 200 Å². The molecule has 5 heteroatoms. The number of halogens is 1. The smallest absolute Gasteiger partial charge is 0.157 e. The molecule has 3 aromatic carbocycles. The molecule has 0 spiro atoms. The van der Waals surface area contributed by atoms with Gasteiger partial charge >= 0.3 is 0 Å². The molecule has 32 heavy (non-hydrogen) atoms. The fourth-order valence-corrected chi connectivity index (χ4v) is 4.39. The molecule has 0 unspecified atom stereocenters. The van der Waals surface area contributed by atoms with Crippen LogP contribution in [0.15, 0.2) is 82.6 Å². The van der Waals surface area contributed by atoms with E-state index in [9.17, 15) is 4.39 Å². The van der Waals surface area contributed by atoms with Crippen LogP contribution in [-0.2, 0) is 29.4 Å². The standard InChI is InChI=1S/C27H31FO2S2/c1-26(2,3)27(4,5)32-30-19-21-11-16-24(29-18-20-9-7-6-8-10-20)25(17-21)31-23-14-12-22(28)13-15-23/h6-17H,18-19H2,1-5H3/p+1. The molecular weight excluding hydrogens is 439 g/mol. The fourth-order valence-electron chi connectivity index (χ4n) is 2.61. The summed E-state index contributed by atoms with van der Waals surface area (Å²) in [7, 11) is 0. The molecule has 0 heterocycles. The van der Waals surface area contributed by atoms with Crippen molar-refractivity contribution in [2.45, 2.75) is 62.4 Å². The largest absolute Gasteiger partial charge is 0.488 e. The second-order valence-electron chi connectivity index (χ2n) is 9.29. The third kappa shape index (κ3) is 7.03. The normalized spacial score (nSPS) is 12.1. The maximum absolute atomic E-state index is 13.3. The van der Waals surface area contributed by atoms with Crippen molar-refractivity contribution in [3.05, 3.63) is 89.7 Å². The fraction of sp³-hybridized carbons (Fsp3) is 0.333. The Hall–Kier alpha value is -1.95. The Morgan fingerprint density at radius 3 is 2.16 bits per heavy atom. The quantitative estimate of drug-likeness (QED) is 0.236. The number of hydrogen-bond donors (Lipinski definition) is 0. The van der Waals surface area contributed by atoms with E-state index >= 15 is 0 Å². The van der Waals surface area contributed by atoms with Crippen molar-refractivity contribution in [3.63, 3.8) is 0 Å². The van der Waals surface area contributed by atoms with Gasteiger partial charge in [0, 0.05) is 10.3 Å². The first-order valence-corrected chi connectivity index (χ1v) is 12.3. The molecule has 0 saturated heterocycles. The zero-order chi connectivity index (χ0) is 23.2. The predicted molar refractivity (Wildman–Crippen MR) is 135 cm³/mol. The Kier molecular flexibility index (Phi) is 8.32. The average molecular weight is 472 g/mol. The van der Waals surface area contributed by atoms with Crippen LogP contribution < -0.4 is 4.74 Å². The lowest BCUT2D eigenvalue weighted by atomic mass is 9.83. The number of thiol groups is 1. The van der Waals surface area contributed by atoms with Gasteiger partial charge < -0.3 is 4.74 Å². The van der Waals surface area contributed by atoms with Gasteiger partial charge in [0.25, 0.3) is 0 Å². The first-order chi connectivity index (χ1) is 15.1. The molecular formula is C27H32FO2S2+. The lowest BCUT2D eigenvalue weighted by molar-refractivity contribution is 0.281. The molecule has 0 aliphatic rings. The van der Waals surface area contributed by atoms with Crippen molar-refractivity contribution in [2.75, 3.05) is 0 Å². The summed E-state index contributed by atoms with van der Waals surface area (Å²) in [5.74, 6) is 0.567. The predicted octanol–water partition coefficient (Wildman–Crippen LogP) is 7.63. The van der Waals surface area contributed by atoms with Gasteiger partial charge in [-0.2, -0.15) is 4.18 Å². The highest BCUT2D eigenvalue weighted by molar-refractivity contribution is 7.99. The summed E-state index contributed by atoms with van der Waals surface area (Å²) < 4.78 is 25.6. The van der Waals surface area contributed by atoms with E-state index in [2.05, 4.69) is 46.8 Å². The first-order valence-electron chi connectivity index (χ1n) is 10.7. The lowest BCUT2D eigenvalue weighted by Crippen LogP contribution is -2.38. The summed E-state index contributed by atoms with van der Waals surface area (Å²) in [6, 6.07) is 22.8. The minimum atomic E-state index is -0.238. The zero-order valence-electron chi connectivity index (χ0n) is 19.4. The van der Waals surface area contributed by atoms with E-state index in [0.29, 0.717) is 13.2 Å². The lowest BCUT2D eigenvalue weighted by Gasteiger charge is -2.30. The first kappa shape index (κ1) is 24.7. The Morgan fingerprint density at radius 2 is 1.50 bits per heavy atom.